The highest BCUT2D eigenvalue weighted by atomic mass is 35.5. The molecule has 2 aromatic rings. The molecule has 0 radical (unpaired) electrons. The predicted octanol–water partition coefficient (Wildman–Crippen LogP) is 6.10. The van der Waals surface area contributed by atoms with E-state index in [4.69, 9.17) is 16.1 Å². The van der Waals surface area contributed by atoms with Crippen molar-refractivity contribution in [2.75, 3.05) is 13.7 Å². The summed E-state index contributed by atoms with van der Waals surface area (Å²) < 4.78 is 4.99. The highest BCUT2D eigenvalue weighted by Gasteiger charge is 2.04. The molecule has 0 atom stereocenters. The Morgan fingerprint density at radius 1 is 1.23 bits per heavy atom. The fraction of sp³-hybridized carbons (Fsp3) is 0.474. The number of aromatic nitrogens is 2. The number of benzene rings is 1. The zero-order valence-corrected chi connectivity index (χ0v) is 16.7. The molecule has 0 aliphatic rings. The summed E-state index contributed by atoms with van der Waals surface area (Å²) in [7, 11) is 1.53. The van der Waals surface area contributed by atoms with Crippen molar-refractivity contribution in [3.8, 4) is 11.5 Å². The number of halogens is 1. The van der Waals surface area contributed by atoms with Crippen LogP contribution in [0.1, 0.15) is 47.4 Å². The molecule has 0 N–H and O–H groups in total. The summed E-state index contributed by atoms with van der Waals surface area (Å²) in [5.41, 5.74) is 0.880. The van der Waals surface area contributed by atoms with Gasteiger partial charge in [-0.2, -0.15) is 4.98 Å². The van der Waals surface area contributed by atoms with E-state index in [1.165, 1.54) is 7.11 Å². The Balaban J connectivity index is -0.000000346. The van der Waals surface area contributed by atoms with Gasteiger partial charge in [0.15, 0.2) is 5.82 Å². The van der Waals surface area contributed by atoms with Crippen molar-refractivity contribution in [1.29, 1.82) is 0 Å². The van der Waals surface area contributed by atoms with Crippen molar-refractivity contribution in [2.45, 2.75) is 48.5 Å². The third kappa shape index (κ3) is 15.3. The lowest BCUT2D eigenvalue weighted by molar-refractivity contribution is 0.214. The van der Waals surface area contributed by atoms with Crippen molar-refractivity contribution in [2.24, 2.45) is 10.1 Å². The van der Waals surface area contributed by atoms with E-state index in [9.17, 15) is 0 Å². The van der Waals surface area contributed by atoms with E-state index < -0.39 is 0 Å². The van der Waals surface area contributed by atoms with Gasteiger partial charge in [0.2, 0.25) is 0 Å². The van der Waals surface area contributed by atoms with E-state index in [0.29, 0.717) is 16.7 Å². The second kappa shape index (κ2) is 20.8. The lowest BCUT2D eigenvalue weighted by Gasteiger charge is -1.92. The first kappa shape index (κ1) is 28.6. The van der Waals surface area contributed by atoms with Gasteiger partial charge in [0.1, 0.15) is 7.11 Å². The van der Waals surface area contributed by atoms with Gasteiger partial charge in [-0.25, -0.2) is 0 Å². The largest absolute Gasteiger partial charge is 0.399 e. The Hall–Kier alpha value is -2.21. The molecule has 6 nitrogen and oxygen atoms in total. The monoisotopic (exact) mass is 384 g/mol. The number of hydrogen-bond donors (Lipinski definition) is 0. The predicted molar refractivity (Wildman–Crippen MR) is 113 cm³/mol. The average molecular weight is 385 g/mol. The van der Waals surface area contributed by atoms with Gasteiger partial charge < -0.3 is 14.4 Å². The number of nitrogens with zero attached hydrogens (tertiary/aromatic N) is 4. The average Bonchev–Trinajstić information content (AvgIpc) is 3.09. The summed E-state index contributed by atoms with van der Waals surface area (Å²) in [6.45, 7) is 13.8. The molecule has 0 fully saturated rings. The summed E-state index contributed by atoms with van der Waals surface area (Å²) in [4.78, 5) is 11.9. The number of hydrogen-bond acceptors (Lipinski definition) is 6. The van der Waals surface area contributed by atoms with Gasteiger partial charge in [-0.1, -0.05) is 50.1 Å². The number of aliphatic imine (C=N–C) groups is 1. The number of oxime groups is 1. The van der Waals surface area contributed by atoms with Gasteiger partial charge >= 0.3 is 0 Å². The van der Waals surface area contributed by atoms with Crippen LogP contribution in [0.2, 0.25) is 5.02 Å². The van der Waals surface area contributed by atoms with E-state index >= 15 is 0 Å². The topological polar surface area (TPSA) is 72.9 Å². The van der Waals surface area contributed by atoms with Crippen molar-refractivity contribution in [3.05, 3.63) is 35.1 Å². The van der Waals surface area contributed by atoms with Crippen LogP contribution in [0.15, 0.2) is 38.9 Å². The molecule has 0 saturated carbocycles. The minimum absolute atomic E-state index is 0. The molecule has 7 heteroatoms. The Morgan fingerprint density at radius 2 is 1.77 bits per heavy atom. The zero-order valence-electron chi connectivity index (χ0n) is 16.0. The summed E-state index contributed by atoms with van der Waals surface area (Å²) in [5.74, 6) is 1.15. The lowest BCUT2D eigenvalue weighted by atomic mass is 10.2. The van der Waals surface area contributed by atoms with E-state index in [1.54, 1.807) is 25.3 Å². The third-order valence-corrected chi connectivity index (χ3v) is 2.46. The second-order valence-corrected chi connectivity index (χ2v) is 4.51. The van der Waals surface area contributed by atoms with Crippen molar-refractivity contribution < 1.29 is 9.36 Å². The van der Waals surface area contributed by atoms with Crippen molar-refractivity contribution >= 4 is 24.5 Å². The highest BCUT2D eigenvalue weighted by Crippen LogP contribution is 2.19. The molecule has 1 aromatic carbocycles. The first-order valence-corrected chi connectivity index (χ1v) is 8.50. The molecule has 26 heavy (non-hydrogen) atoms. The van der Waals surface area contributed by atoms with Crippen LogP contribution >= 0.6 is 11.6 Å². The summed E-state index contributed by atoms with van der Waals surface area (Å²) in [6.07, 6.45) is 2.65. The molecule has 0 aliphatic carbocycles. The standard InChI is InChI=1S/C9H7ClN2O.C4H9NO.C3H7N.C2H6.CH4/c1-6-11-9(13-12-6)7-2-4-8(10)5-3-7;1-3-4-5-6-2;1-3-4-2;1-2;/h2-5H,1H3;4H,3H2,1-2H3;2-3H2,1H3;1-2H3;1H4/b;5-4+;;;. The van der Waals surface area contributed by atoms with Gasteiger partial charge in [0.25, 0.3) is 5.89 Å². The minimum Gasteiger partial charge on any atom is -0.399 e. The van der Waals surface area contributed by atoms with Gasteiger partial charge in [-0.15, -0.1) is 0 Å². The molecule has 0 aliphatic heterocycles. The minimum atomic E-state index is 0. The molecular formula is C19H33ClN4O2. The first-order chi connectivity index (χ1) is 12.1. The van der Waals surface area contributed by atoms with Crippen LogP contribution in [0.5, 0.6) is 0 Å². The van der Waals surface area contributed by atoms with Crippen molar-refractivity contribution in [1.82, 2.24) is 10.1 Å². The Kier molecular flexibility index (Phi) is 22.9. The van der Waals surface area contributed by atoms with Gasteiger partial charge in [-0.05, 0) is 51.3 Å². The van der Waals surface area contributed by atoms with Gasteiger partial charge in [-0.3, -0.25) is 0 Å². The Bertz CT molecular complexity index is 563. The van der Waals surface area contributed by atoms with E-state index in [1.807, 2.05) is 39.8 Å². The highest BCUT2D eigenvalue weighted by molar-refractivity contribution is 6.30. The molecule has 0 amide bonds. The number of rotatable bonds is 4. The van der Waals surface area contributed by atoms with Gasteiger partial charge in [0, 0.05) is 23.3 Å². The second-order valence-electron chi connectivity index (χ2n) is 4.07. The summed E-state index contributed by atoms with van der Waals surface area (Å²) >= 11 is 5.74. The Morgan fingerprint density at radius 3 is 2.08 bits per heavy atom. The molecule has 1 aromatic heterocycles. The SMILES string of the molecule is C.C=NCC.CC.CC/C=N/OC.Cc1noc(-c2ccc(Cl)cc2)n1. The van der Waals surface area contributed by atoms with E-state index in [0.717, 1.165) is 18.5 Å². The molecule has 0 spiro atoms. The van der Waals surface area contributed by atoms with Crippen LogP contribution < -0.4 is 0 Å². The maximum absolute atomic E-state index is 5.74. The molecule has 0 bridgehead atoms. The molecular weight excluding hydrogens is 352 g/mol. The van der Waals surface area contributed by atoms with Crippen LogP contribution in [0.25, 0.3) is 11.5 Å². The smallest absolute Gasteiger partial charge is 0.257 e. The fourth-order valence-corrected chi connectivity index (χ4v) is 1.28. The van der Waals surface area contributed by atoms with Crippen LogP contribution in [-0.2, 0) is 4.84 Å². The van der Waals surface area contributed by atoms with E-state index in [-0.39, 0.29) is 7.43 Å². The number of aryl methyl sites for hydroxylation is 1. The molecule has 0 saturated heterocycles. The maximum atomic E-state index is 5.74. The fourth-order valence-electron chi connectivity index (χ4n) is 1.16. The quantitative estimate of drug-likeness (QED) is 0.471. The first-order valence-electron chi connectivity index (χ1n) is 8.12. The van der Waals surface area contributed by atoms with Crippen LogP contribution in [-0.4, -0.2) is 36.7 Å². The third-order valence-electron chi connectivity index (χ3n) is 2.20. The molecule has 148 valence electrons. The molecule has 2 rings (SSSR count). The normalized spacial score (nSPS) is 8.58. The summed E-state index contributed by atoms with van der Waals surface area (Å²) in [5, 5.41) is 7.86. The molecule has 1 heterocycles. The Labute approximate surface area is 163 Å². The summed E-state index contributed by atoms with van der Waals surface area (Å²) in [6, 6.07) is 7.26. The lowest BCUT2D eigenvalue weighted by Crippen LogP contribution is -1.77. The zero-order chi connectivity index (χ0) is 19.5. The maximum Gasteiger partial charge on any atom is 0.257 e. The van der Waals surface area contributed by atoms with Crippen molar-refractivity contribution in [3.63, 3.8) is 0 Å². The van der Waals surface area contributed by atoms with Crippen LogP contribution in [0.3, 0.4) is 0 Å². The molecule has 0 unspecified atom stereocenters. The van der Waals surface area contributed by atoms with Crippen LogP contribution in [0.4, 0.5) is 0 Å². The van der Waals surface area contributed by atoms with Gasteiger partial charge in [0.05, 0.1) is 0 Å². The van der Waals surface area contributed by atoms with Crippen LogP contribution in [0, 0.1) is 6.92 Å². The van der Waals surface area contributed by atoms with E-state index in [2.05, 4.69) is 31.8 Å².